The van der Waals surface area contributed by atoms with E-state index in [1.54, 1.807) is 26.4 Å². The van der Waals surface area contributed by atoms with Gasteiger partial charge in [0.05, 0.1) is 25.1 Å². The van der Waals surface area contributed by atoms with Gasteiger partial charge in [0.25, 0.3) is 5.56 Å². The summed E-state index contributed by atoms with van der Waals surface area (Å²) in [5.74, 6) is 2.69. The molecule has 5 rings (SSSR count). The Morgan fingerprint density at radius 2 is 1.97 bits per heavy atom. The van der Waals surface area contributed by atoms with Crippen molar-refractivity contribution in [2.45, 2.75) is 25.8 Å². The molecule has 3 heterocycles. The van der Waals surface area contributed by atoms with E-state index in [4.69, 9.17) is 14.5 Å². The van der Waals surface area contributed by atoms with E-state index in [0.717, 1.165) is 43.9 Å². The van der Waals surface area contributed by atoms with Crippen LogP contribution in [0.25, 0.3) is 10.9 Å². The summed E-state index contributed by atoms with van der Waals surface area (Å²) in [6, 6.07) is 9.73. The number of ether oxygens (including phenoxy) is 2. The number of aromatic amines is 1. The summed E-state index contributed by atoms with van der Waals surface area (Å²) in [6.45, 7) is 2.35. The summed E-state index contributed by atoms with van der Waals surface area (Å²) in [4.78, 5) is 27.1. The van der Waals surface area contributed by atoms with Crippen LogP contribution < -0.4 is 25.2 Å². The third kappa shape index (κ3) is 3.58. The van der Waals surface area contributed by atoms with Crippen LogP contribution in [-0.2, 0) is 13.0 Å². The summed E-state index contributed by atoms with van der Waals surface area (Å²) >= 11 is 0. The Morgan fingerprint density at radius 1 is 1.13 bits per heavy atom. The topological polar surface area (TPSA) is 91.8 Å². The van der Waals surface area contributed by atoms with E-state index in [1.807, 2.05) is 0 Å². The zero-order valence-corrected chi connectivity index (χ0v) is 17.7. The molecular formula is C23H25N5O3. The number of amidine groups is 1. The predicted octanol–water partition coefficient (Wildman–Crippen LogP) is 3.11. The molecule has 0 atom stereocenters. The van der Waals surface area contributed by atoms with Crippen molar-refractivity contribution in [2.24, 2.45) is 4.99 Å². The van der Waals surface area contributed by atoms with Crippen molar-refractivity contribution in [3.8, 4) is 11.5 Å². The van der Waals surface area contributed by atoms with Crippen LogP contribution in [0.2, 0.25) is 0 Å². The highest BCUT2D eigenvalue weighted by molar-refractivity contribution is 5.97. The lowest BCUT2D eigenvalue weighted by atomic mass is 9.98. The fourth-order valence-corrected chi connectivity index (χ4v) is 4.31. The Bertz CT molecular complexity index is 1230. The molecule has 2 aliphatic rings. The van der Waals surface area contributed by atoms with Crippen LogP contribution in [0.3, 0.4) is 0 Å². The van der Waals surface area contributed by atoms with Gasteiger partial charge in [-0.25, -0.2) is 4.98 Å². The number of methoxy groups -OCH3 is 2. The number of benzene rings is 2. The fourth-order valence-electron chi connectivity index (χ4n) is 4.31. The van der Waals surface area contributed by atoms with E-state index in [9.17, 15) is 4.79 Å². The smallest absolute Gasteiger partial charge is 0.260 e. The SMILES string of the molecule is COc1cc2nc(N3CCc4c(cccc4NC4=NCCC4)C3)[nH]c(=O)c2cc1OC. The van der Waals surface area contributed by atoms with Crippen molar-refractivity contribution in [3.63, 3.8) is 0 Å². The van der Waals surface area contributed by atoms with Crippen LogP contribution in [0.1, 0.15) is 24.0 Å². The van der Waals surface area contributed by atoms with Crippen LogP contribution in [-0.4, -0.2) is 43.1 Å². The zero-order valence-electron chi connectivity index (χ0n) is 17.7. The number of aliphatic imine (C=N–C) groups is 1. The monoisotopic (exact) mass is 419 g/mol. The van der Waals surface area contributed by atoms with Gasteiger partial charge >= 0.3 is 0 Å². The lowest BCUT2D eigenvalue weighted by Gasteiger charge is -2.30. The van der Waals surface area contributed by atoms with Crippen molar-refractivity contribution in [3.05, 3.63) is 51.8 Å². The van der Waals surface area contributed by atoms with Gasteiger partial charge in [-0.1, -0.05) is 12.1 Å². The minimum Gasteiger partial charge on any atom is -0.493 e. The highest BCUT2D eigenvalue weighted by Gasteiger charge is 2.22. The maximum absolute atomic E-state index is 12.8. The molecule has 0 radical (unpaired) electrons. The maximum atomic E-state index is 12.8. The Labute approximate surface area is 179 Å². The average Bonchev–Trinajstić information content (AvgIpc) is 3.31. The van der Waals surface area contributed by atoms with E-state index in [0.29, 0.717) is 34.9 Å². The molecule has 0 spiro atoms. The molecule has 31 heavy (non-hydrogen) atoms. The van der Waals surface area contributed by atoms with Gasteiger partial charge in [0.1, 0.15) is 5.84 Å². The normalized spacial score (nSPS) is 15.5. The van der Waals surface area contributed by atoms with Crippen LogP contribution >= 0.6 is 0 Å². The zero-order chi connectivity index (χ0) is 21.4. The van der Waals surface area contributed by atoms with Crippen LogP contribution in [0, 0.1) is 0 Å². The molecule has 0 unspecified atom stereocenters. The first kappa shape index (κ1) is 19.4. The van der Waals surface area contributed by atoms with Gasteiger partial charge in [-0.15, -0.1) is 0 Å². The molecular weight excluding hydrogens is 394 g/mol. The van der Waals surface area contributed by atoms with Gasteiger partial charge in [-0.3, -0.25) is 14.8 Å². The van der Waals surface area contributed by atoms with E-state index in [2.05, 4.69) is 38.4 Å². The van der Waals surface area contributed by atoms with Gasteiger partial charge < -0.3 is 19.7 Å². The third-order valence-electron chi connectivity index (χ3n) is 5.92. The van der Waals surface area contributed by atoms with Crippen molar-refractivity contribution < 1.29 is 9.47 Å². The largest absolute Gasteiger partial charge is 0.493 e. The minimum atomic E-state index is -0.193. The summed E-state index contributed by atoms with van der Waals surface area (Å²) in [5, 5.41) is 3.99. The second-order valence-corrected chi connectivity index (χ2v) is 7.79. The molecule has 160 valence electrons. The summed E-state index contributed by atoms with van der Waals surface area (Å²) in [7, 11) is 3.12. The highest BCUT2D eigenvalue weighted by atomic mass is 16.5. The first-order chi connectivity index (χ1) is 15.2. The number of nitrogens with one attached hydrogen (secondary N) is 2. The number of fused-ring (bicyclic) bond motifs is 2. The quantitative estimate of drug-likeness (QED) is 0.675. The van der Waals surface area contributed by atoms with Gasteiger partial charge in [-0.05, 0) is 36.1 Å². The molecule has 0 bridgehead atoms. The molecule has 0 aliphatic carbocycles. The second-order valence-electron chi connectivity index (χ2n) is 7.79. The first-order valence-corrected chi connectivity index (χ1v) is 10.5. The fraction of sp³-hybridized carbons (Fsp3) is 0.348. The average molecular weight is 419 g/mol. The van der Waals surface area contributed by atoms with Crippen molar-refractivity contribution >= 4 is 28.4 Å². The Hall–Kier alpha value is -3.55. The van der Waals surface area contributed by atoms with E-state index in [1.165, 1.54) is 11.1 Å². The van der Waals surface area contributed by atoms with E-state index in [-0.39, 0.29) is 5.56 Å². The molecule has 0 saturated carbocycles. The molecule has 0 fully saturated rings. The molecule has 3 aromatic rings. The standard InChI is InChI=1S/C23H25N5O3/c1-30-19-11-16-18(12-20(19)31-2)26-23(27-22(16)29)28-10-8-15-14(13-28)5-3-6-17(15)25-21-7-4-9-24-21/h3,5-6,11-12H,4,7-10,13H2,1-2H3,(H,24,25)(H,26,27,29). The lowest BCUT2D eigenvalue weighted by Crippen LogP contribution is -2.33. The number of aromatic nitrogens is 2. The highest BCUT2D eigenvalue weighted by Crippen LogP contribution is 2.32. The van der Waals surface area contributed by atoms with Crippen molar-refractivity contribution in [1.82, 2.24) is 9.97 Å². The van der Waals surface area contributed by atoms with Gasteiger partial charge in [0.2, 0.25) is 5.95 Å². The molecule has 2 aliphatic heterocycles. The number of rotatable bonds is 4. The summed E-state index contributed by atoms with van der Waals surface area (Å²) < 4.78 is 10.7. The number of nitrogens with zero attached hydrogens (tertiary/aromatic N) is 3. The molecule has 0 saturated heterocycles. The molecule has 2 N–H and O–H groups in total. The molecule has 8 heteroatoms. The van der Waals surface area contributed by atoms with Gasteiger partial charge in [-0.2, -0.15) is 0 Å². The van der Waals surface area contributed by atoms with Crippen molar-refractivity contribution in [1.29, 1.82) is 0 Å². The van der Waals surface area contributed by atoms with Gasteiger partial charge in [0, 0.05) is 37.8 Å². The molecule has 2 aromatic carbocycles. The van der Waals surface area contributed by atoms with Crippen LogP contribution in [0.15, 0.2) is 40.1 Å². The van der Waals surface area contributed by atoms with Crippen LogP contribution in [0.5, 0.6) is 11.5 Å². The maximum Gasteiger partial charge on any atom is 0.260 e. The first-order valence-electron chi connectivity index (χ1n) is 10.5. The Morgan fingerprint density at radius 3 is 2.74 bits per heavy atom. The minimum absolute atomic E-state index is 0.193. The molecule has 1 aromatic heterocycles. The summed E-state index contributed by atoms with van der Waals surface area (Å²) in [6.07, 6.45) is 2.98. The van der Waals surface area contributed by atoms with Crippen molar-refractivity contribution in [2.75, 3.05) is 37.5 Å². The summed E-state index contributed by atoms with van der Waals surface area (Å²) in [5.41, 5.74) is 4.06. The Balaban J connectivity index is 1.46. The second kappa shape index (κ2) is 7.94. The van der Waals surface area contributed by atoms with E-state index >= 15 is 0 Å². The third-order valence-corrected chi connectivity index (χ3v) is 5.92. The van der Waals surface area contributed by atoms with Crippen LogP contribution in [0.4, 0.5) is 11.6 Å². The van der Waals surface area contributed by atoms with E-state index < -0.39 is 0 Å². The molecule has 8 nitrogen and oxygen atoms in total. The number of hydrogen-bond acceptors (Lipinski definition) is 7. The van der Waals surface area contributed by atoms with Gasteiger partial charge in [0.15, 0.2) is 11.5 Å². The number of anilines is 2. The predicted molar refractivity (Wildman–Crippen MR) is 122 cm³/mol. The molecule has 0 amide bonds. The number of H-pyrrole nitrogens is 1. The lowest BCUT2D eigenvalue weighted by molar-refractivity contribution is 0.355. The Kier molecular flexibility index (Phi) is 4.97. The number of hydrogen-bond donors (Lipinski definition) is 2.